The van der Waals surface area contributed by atoms with E-state index in [0.717, 1.165) is 5.56 Å². The number of carboxylic acid groups (broad SMARTS) is 1. The first-order chi connectivity index (χ1) is 9.19. The van der Waals surface area contributed by atoms with Gasteiger partial charge in [-0.1, -0.05) is 12.1 Å². The normalized spacial score (nSPS) is 9.63. The molecule has 2 N–H and O–H groups in total. The molecule has 0 radical (unpaired) electrons. The fourth-order valence-corrected chi connectivity index (χ4v) is 1.44. The highest BCUT2D eigenvalue weighted by Gasteiger charge is 2.03. The van der Waals surface area contributed by atoms with Crippen molar-refractivity contribution in [3.05, 3.63) is 53.5 Å². The SMILES string of the molecule is N#Cc1cccc(NCc2ccc(C(=O)O)nc2)n1. The highest BCUT2D eigenvalue weighted by Crippen LogP contribution is 2.07. The van der Waals surface area contributed by atoms with Crippen LogP contribution in [0.25, 0.3) is 0 Å². The van der Waals surface area contributed by atoms with Crippen molar-refractivity contribution in [2.75, 3.05) is 5.32 Å². The number of carbonyl (C=O) groups is 1. The van der Waals surface area contributed by atoms with Crippen molar-refractivity contribution in [2.24, 2.45) is 0 Å². The molecule has 2 aromatic heterocycles. The van der Waals surface area contributed by atoms with Gasteiger partial charge in [0, 0.05) is 12.7 Å². The molecule has 0 saturated carbocycles. The standard InChI is InChI=1S/C13H10N4O2/c14-6-10-2-1-3-12(17-10)16-8-9-4-5-11(13(18)19)15-7-9/h1-5,7H,8H2,(H,16,17)(H,18,19). The third-order valence-corrected chi connectivity index (χ3v) is 2.38. The minimum absolute atomic E-state index is 0.00773. The van der Waals surface area contributed by atoms with Crippen LogP contribution in [-0.2, 0) is 6.54 Å². The molecule has 0 aliphatic heterocycles. The lowest BCUT2D eigenvalue weighted by atomic mass is 10.2. The van der Waals surface area contributed by atoms with Gasteiger partial charge in [0.2, 0.25) is 0 Å². The van der Waals surface area contributed by atoms with E-state index in [1.165, 1.54) is 12.3 Å². The zero-order chi connectivity index (χ0) is 13.7. The van der Waals surface area contributed by atoms with E-state index in [4.69, 9.17) is 10.4 Å². The Bertz CT molecular complexity index is 632. The molecule has 0 aliphatic rings. The molecule has 0 amide bonds. The molecule has 0 bridgehead atoms. The summed E-state index contributed by atoms with van der Waals surface area (Å²) >= 11 is 0. The monoisotopic (exact) mass is 254 g/mol. The van der Waals surface area contributed by atoms with Gasteiger partial charge in [0.15, 0.2) is 0 Å². The number of carboxylic acids is 1. The number of nitriles is 1. The van der Waals surface area contributed by atoms with Crippen LogP contribution >= 0.6 is 0 Å². The number of nitrogens with one attached hydrogen (secondary N) is 1. The van der Waals surface area contributed by atoms with Crippen LogP contribution < -0.4 is 5.32 Å². The third kappa shape index (κ3) is 3.26. The lowest BCUT2D eigenvalue weighted by molar-refractivity contribution is 0.0690. The van der Waals surface area contributed by atoms with Gasteiger partial charge in [-0.05, 0) is 23.8 Å². The van der Waals surface area contributed by atoms with Crippen LogP contribution in [-0.4, -0.2) is 21.0 Å². The number of hydrogen-bond donors (Lipinski definition) is 2. The molecule has 0 aliphatic carbocycles. The fraction of sp³-hybridized carbons (Fsp3) is 0.0769. The van der Waals surface area contributed by atoms with Crippen LogP contribution in [0.5, 0.6) is 0 Å². The summed E-state index contributed by atoms with van der Waals surface area (Å²) in [5, 5.41) is 20.5. The van der Waals surface area contributed by atoms with Crippen molar-refractivity contribution in [1.29, 1.82) is 5.26 Å². The molecule has 2 aromatic rings. The Kier molecular flexibility index (Phi) is 3.69. The Labute approximate surface area is 109 Å². The van der Waals surface area contributed by atoms with E-state index in [0.29, 0.717) is 18.1 Å². The van der Waals surface area contributed by atoms with Crippen LogP contribution in [0, 0.1) is 11.3 Å². The van der Waals surface area contributed by atoms with Crippen molar-refractivity contribution in [2.45, 2.75) is 6.54 Å². The van der Waals surface area contributed by atoms with Gasteiger partial charge in [-0.2, -0.15) is 5.26 Å². The summed E-state index contributed by atoms with van der Waals surface area (Å²) in [6, 6.07) is 10.2. The number of rotatable bonds is 4. The molecule has 19 heavy (non-hydrogen) atoms. The molecule has 0 atom stereocenters. The maximum absolute atomic E-state index is 10.6. The van der Waals surface area contributed by atoms with E-state index in [2.05, 4.69) is 15.3 Å². The number of pyridine rings is 2. The lowest BCUT2D eigenvalue weighted by Gasteiger charge is -2.05. The van der Waals surface area contributed by atoms with Crippen molar-refractivity contribution >= 4 is 11.8 Å². The predicted molar refractivity (Wildman–Crippen MR) is 67.5 cm³/mol. The second-order valence-corrected chi connectivity index (χ2v) is 3.73. The largest absolute Gasteiger partial charge is 0.477 e. The van der Waals surface area contributed by atoms with Gasteiger partial charge in [-0.15, -0.1) is 0 Å². The van der Waals surface area contributed by atoms with E-state index in [1.54, 1.807) is 24.3 Å². The Morgan fingerprint density at radius 1 is 1.37 bits per heavy atom. The Morgan fingerprint density at radius 3 is 2.84 bits per heavy atom. The quantitative estimate of drug-likeness (QED) is 0.860. The zero-order valence-electron chi connectivity index (χ0n) is 9.87. The third-order valence-electron chi connectivity index (χ3n) is 2.38. The Hall–Kier alpha value is -2.94. The molecular weight excluding hydrogens is 244 g/mol. The maximum Gasteiger partial charge on any atom is 0.354 e. The summed E-state index contributed by atoms with van der Waals surface area (Å²) in [4.78, 5) is 18.5. The molecule has 0 fully saturated rings. The second-order valence-electron chi connectivity index (χ2n) is 3.73. The van der Waals surface area contributed by atoms with Crippen molar-refractivity contribution < 1.29 is 9.90 Å². The second kappa shape index (κ2) is 5.60. The number of anilines is 1. The highest BCUT2D eigenvalue weighted by molar-refractivity contribution is 5.85. The van der Waals surface area contributed by atoms with Crippen molar-refractivity contribution in [1.82, 2.24) is 9.97 Å². The minimum atomic E-state index is -1.05. The highest BCUT2D eigenvalue weighted by atomic mass is 16.4. The van der Waals surface area contributed by atoms with Gasteiger partial charge in [-0.25, -0.2) is 14.8 Å². The van der Waals surface area contributed by atoms with Crippen LogP contribution in [0.15, 0.2) is 36.5 Å². The maximum atomic E-state index is 10.6. The molecule has 94 valence electrons. The first-order valence-electron chi connectivity index (χ1n) is 5.48. The summed E-state index contributed by atoms with van der Waals surface area (Å²) < 4.78 is 0. The van der Waals surface area contributed by atoms with E-state index in [9.17, 15) is 4.79 Å². The van der Waals surface area contributed by atoms with Gasteiger partial charge in [0.25, 0.3) is 0 Å². The molecule has 0 unspecified atom stereocenters. The smallest absolute Gasteiger partial charge is 0.354 e. The summed E-state index contributed by atoms with van der Waals surface area (Å²) in [5.74, 6) is -0.468. The molecular formula is C13H10N4O2. The topological polar surface area (TPSA) is 98.9 Å². The van der Waals surface area contributed by atoms with Crippen LogP contribution in [0.4, 0.5) is 5.82 Å². The zero-order valence-corrected chi connectivity index (χ0v) is 9.87. The average molecular weight is 254 g/mol. The summed E-state index contributed by atoms with van der Waals surface area (Å²) in [7, 11) is 0. The Balaban J connectivity index is 2.02. The average Bonchev–Trinajstić information content (AvgIpc) is 2.46. The van der Waals surface area contributed by atoms with E-state index in [-0.39, 0.29) is 5.69 Å². The van der Waals surface area contributed by atoms with Gasteiger partial charge < -0.3 is 10.4 Å². The van der Waals surface area contributed by atoms with E-state index in [1.807, 2.05) is 6.07 Å². The minimum Gasteiger partial charge on any atom is -0.477 e. The van der Waals surface area contributed by atoms with Gasteiger partial charge in [0.1, 0.15) is 23.3 Å². The predicted octanol–water partition coefficient (Wildman–Crippen LogP) is 1.66. The van der Waals surface area contributed by atoms with Gasteiger partial charge in [0.05, 0.1) is 0 Å². The fourth-order valence-electron chi connectivity index (χ4n) is 1.44. The summed E-state index contributed by atoms with van der Waals surface area (Å²) in [6.45, 7) is 0.453. The molecule has 0 spiro atoms. The lowest BCUT2D eigenvalue weighted by Crippen LogP contribution is -2.04. The van der Waals surface area contributed by atoms with Gasteiger partial charge in [-0.3, -0.25) is 0 Å². The Morgan fingerprint density at radius 2 is 2.21 bits per heavy atom. The molecule has 6 nitrogen and oxygen atoms in total. The molecule has 2 heterocycles. The summed E-state index contributed by atoms with van der Waals surface area (Å²) in [6.07, 6.45) is 1.49. The summed E-state index contributed by atoms with van der Waals surface area (Å²) in [5.41, 5.74) is 1.17. The number of hydrogen-bond acceptors (Lipinski definition) is 5. The molecule has 2 rings (SSSR count). The molecule has 0 saturated heterocycles. The van der Waals surface area contributed by atoms with E-state index < -0.39 is 5.97 Å². The van der Waals surface area contributed by atoms with Crippen LogP contribution in [0.2, 0.25) is 0 Å². The van der Waals surface area contributed by atoms with Crippen LogP contribution in [0.1, 0.15) is 21.7 Å². The van der Waals surface area contributed by atoms with Crippen molar-refractivity contribution in [3.8, 4) is 6.07 Å². The van der Waals surface area contributed by atoms with Crippen molar-refractivity contribution in [3.63, 3.8) is 0 Å². The number of aromatic nitrogens is 2. The number of nitrogens with zero attached hydrogens (tertiary/aromatic N) is 3. The van der Waals surface area contributed by atoms with Crippen LogP contribution in [0.3, 0.4) is 0 Å². The first kappa shape index (κ1) is 12.5. The number of aromatic carboxylic acids is 1. The molecule has 0 aromatic carbocycles. The van der Waals surface area contributed by atoms with E-state index >= 15 is 0 Å². The van der Waals surface area contributed by atoms with Gasteiger partial charge >= 0.3 is 5.97 Å². The molecule has 6 heteroatoms. The first-order valence-corrected chi connectivity index (χ1v) is 5.48.